The van der Waals surface area contributed by atoms with Gasteiger partial charge in [0.05, 0.1) is 46.8 Å². The summed E-state index contributed by atoms with van der Waals surface area (Å²) in [6, 6.07) is 0. The van der Waals surface area contributed by atoms with Gasteiger partial charge in [0.2, 0.25) is 5.78 Å². The van der Waals surface area contributed by atoms with Crippen molar-refractivity contribution in [3.8, 4) is 11.5 Å². The number of rotatable bonds is 2. The van der Waals surface area contributed by atoms with Gasteiger partial charge in [-0.25, -0.2) is 9.97 Å². The molecule has 13 nitrogen and oxygen atoms in total. The van der Waals surface area contributed by atoms with Crippen LogP contribution in [0.3, 0.4) is 0 Å². The molecule has 6 rings (SSSR count). The number of ether oxygens (including phenoxy) is 4. The van der Waals surface area contributed by atoms with Crippen LogP contribution in [0.25, 0.3) is 5.57 Å². The van der Waals surface area contributed by atoms with Crippen molar-refractivity contribution < 1.29 is 53.4 Å². The number of hydrogen-bond donors (Lipinski definition) is 3. The van der Waals surface area contributed by atoms with Crippen LogP contribution < -0.4 is 4.74 Å². The zero-order valence-electron chi connectivity index (χ0n) is 30.1. The summed E-state index contributed by atoms with van der Waals surface area (Å²) < 4.78 is 23.3. The van der Waals surface area contributed by atoms with Gasteiger partial charge in [-0.1, -0.05) is 45.9 Å². The zero-order chi connectivity index (χ0) is 37.7. The number of allylic oxidation sites excluding steroid dienone is 3. The third kappa shape index (κ3) is 6.49. The van der Waals surface area contributed by atoms with Crippen molar-refractivity contribution in [2.75, 3.05) is 7.11 Å². The van der Waals surface area contributed by atoms with Crippen molar-refractivity contribution in [1.82, 2.24) is 9.97 Å². The second kappa shape index (κ2) is 14.1. The molecule has 1 aromatic heterocycles. The van der Waals surface area contributed by atoms with Crippen LogP contribution >= 0.6 is 0 Å². The van der Waals surface area contributed by atoms with Crippen LogP contribution in [0.15, 0.2) is 36.8 Å². The molecule has 7 bridgehead atoms. The molecule has 3 N–H and O–H groups in total. The number of aliphatic hydroxyl groups excluding tert-OH is 2. The molecule has 0 unspecified atom stereocenters. The number of aliphatic hydroxyl groups is 2. The molecule has 1 aliphatic carbocycles. The summed E-state index contributed by atoms with van der Waals surface area (Å²) >= 11 is 0. The second-order valence-electron chi connectivity index (χ2n) is 13.8. The Morgan fingerprint density at radius 3 is 2.27 bits per heavy atom. The molecule has 0 saturated heterocycles. The van der Waals surface area contributed by atoms with Crippen molar-refractivity contribution in [3.05, 3.63) is 76.1 Å². The van der Waals surface area contributed by atoms with E-state index in [9.17, 15) is 34.5 Å². The lowest BCUT2D eigenvalue weighted by Gasteiger charge is -2.38. The summed E-state index contributed by atoms with van der Waals surface area (Å²) in [7, 11) is 1.43. The molecular formula is C38H44N2O11. The summed E-state index contributed by atoms with van der Waals surface area (Å²) in [4.78, 5) is 62.9. The zero-order valence-corrected chi connectivity index (χ0v) is 30.1. The SMILES string of the molecule is CO[C@@H]1C=CO[C@@]2(C)Oc3c(C)c(O)c4c(c3C2=O)C(=O)c2cnc(nc2C4=O)C(C)=CC=C[C@H](C)[C@H](O)[C@H](C)[C@H](O)[C@H](C)[C@@H](OC(C)=O)[C@@H]1C. The molecule has 4 heterocycles. The molecule has 4 aliphatic rings. The molecule has 0 fully saturated rings. The lowest BCUT2D eigenvalue weighted by atomic mass is 9.78. The van der Waals surface area contributed by atoms with Crippen molar-refractivity contribution in [3.63, 3.8) is 0 Å². The smallest absolute Gasteiger partial charge is 0.312 e. The molecule has 272 valence electrons. The number of hydrogen-bond acceptors (Lipinski definition) is 13. The minimum absolute atomic E-state index is 0.0599. The normalized spacial score (nSPS) is 31.0. The van der Waals surface area contributed by atoms with E-state index in [-0.39, 0.29) is 45.1 Å². The quantitative estimate of drug-likeness (QED) is 0.321. The van der Waals surface area contributed by atoms with Crippen molar-refractivity contribution in [2.24, 2.45) is 23.7 Å². The highest BCUT2D eigenvalue weighted by Crippen LogP contribution is 2.48. The molecule has 0 amide bonds. The molecule has 1 aromatic carbocycles. The van der Waals surface area contributed by atoms with Crippen LogP contribution in [0.2, 0.25) is 0 Å². The minimum atomic E-state index is -2.01. The molecule has 2 aromatic rings. The number of aromatic hydroxyl groups is 1. The van der Waals surface area contributed by atoms with Gasteiger partial charge in [-0.15, -0.1) is 0 Å². The Kier molecular flexibility index (Phi) is 10.4. The first-order chi connectivity index (χ1) is 23.9. The van der Waals surface area contributed by atoms with Crippen LogP contribution in [0.5, 0.6) is 11.5 Å². The number of nitrogens with zero attached hydrogens (tertiary/aromatic N) is 2. The van der Waals surface area contributed by atoms with E-state index < -0.39 is 82.9 Å². The summed E-state index contributed by atoms with van der Waals surface area (Å²) in [6.45, 7) is 12.8. The van der Waals surface area contributed by atoms with Gasteiger partial charge in [0.15, 0.2) is 11.6 Å². The first-order valence-corrected chi connectivity index (χ1v) is 16.8. The van der Waals surface area contributed by atoms with Gasteiger partial charge in [-0.3, -0.25) is 19.2 Å². The maximum Gasteiger partial charge on any atom is 0.312 e. The first kappa shape index (κ1) is 37.5. The Labute approximate surface area is 296 Å². The summed E-state index contributed by atoms with van der Waals surface area (Å²) in [5, 5.41) is 33.9. The highest BCUT2D eigenvalue weighted by molar-refractivity contribution is 6.32. The predicted octanol–water partition coefficient (Wildman–Crippen LogP) is 4.27. The van der Waals surface area contributed by atoms with Gasteiger partial charge >= 0.3 is 11.8 Å². The number of phenols is 1. The number of benzene rings is 1. The Hall–Kier alpha value is -4.72. The van der Waals surface area contributed by atoms with E-state index >= 15 is 0 Å². The maximum absolute atomic E-state index is 14.0. The predicted molar refractivity (Wildman–Crippen MR) is 183 cm³/mol. The fourth-order valence-electron chi connectivity index (χ4n) is 7.05. The Morgan fingerprint density at radius 1 is 0.941 bits per heavy atom. The average Bonchev–Trinajstić information content (AvgIpc) is 3.36. The first-order valence-electron chi connectivity index (χ1n) is 16.8. The number of carbonyl (C=O) groups is 4. The van der Waals surface area contributed by atoms with Crippen molar-refractivity contribution >= 4 is 28.9 Å². The lowest BCUT2D eigenvalue weighted by molar-refractivity contribution is -0.160. The number of fused-ring (bicyclic) bond motifs is 12. The molecule has 9 atom stereocenters. The molecule has 0 saturated carbocycles. The highest BCUT2D eigenvalue weighted by Gasteiger charge is 2.52. The number of ketones is 3. The molecule has 3 aliphatic heterocycles. The van der Waals surface area contributed by atoms with Crippen LogP contribution in [-0.4, -0.2) is 85.9 Å². The molecule has 51 heavy (non-hydrogen) atoms. The standard InChI is InChI=1S/C38H44N2O11/c1-16-11-10-12-17(2)37-39-15-23-28(40-37)33(46)26-25(32(23)45)27-35(21(6)31(26)44)51-38(8,36(27)47)49-14-13-24(48-9)18(3)34(50-22(7)41)20(5)30(43)19(4)29(16)42/h10-16,18-20,24,29-30,34,42-44H,1-9H3/t16-,18+,19-,20-,24+,29-,30-,34-,38-/m0/s1. The topological polar surface area (TPSA) is 192 Å². The van der Waals surface area contributed by atoms with Gasteiger partial charge in [-0.05, 0) is 25.5 Å². The van der Waals surface area contributed by atoms with Gasteiger partial charge in [-0.2, -0.15) is 0 Å². The average molecular weight is 705 g/mol. The molecule has 13 heteroatoms. The highest BCUT2D eigenvalue weighted by atomic mass is 16.7. The fraction of sp³-hybridized carbons (Fsp3) is 0.474. The number of aromatic nitrogens is 2. The van der Waals surface area contributed by atoms with E-state index in [1.54, 1.807) is 52.8 Å². The van der Waals surface area contributed by atoms with Crippen LogP contribution in [-0.2, 0) is 19.0 Å². The third-order valence-electron chi connectivity index (χ3n) is 10.3. The number of Topliss-reactive ketones (excluding diaryl/α,β-unsaturated/α-hetero) is 1. The van der Waals surface area contributed by atoms with Crippen LogP contribution in [0.4, 0.5) is 0 Å². The largest absolute Gasteiger partial charge is 0.507 e. The molecule has 0 radical (unpaired) electrons. The van der Waals surface area contributed by atoms with Crippen LogP contribution in [0.1, 0.15) is 102 Å². The van der Waals surface area contributed by atoms with E-state index in [0.29, 0.717) is 5.57 Å². The third-order valence-corrected chi connectivity index (χ3v) is 10.3. The van der Waals surface area contributed by atoms with E-state index in [4.69, 9.17) is 18.9 Å². The summed E-state index contributed by atoms with van der Waals surface area (Å²) in [6.07, 6.45) is 5.28. The number of esters is 1. The number of phenolic OH excluding ortho intramolecular Hbond substituents is 1. The monoisotopic (exact) mass is 704 g/mol. The van der Waals surface area contributed by atoms with Crippen molar-refractivity contribution in [2.45, 2.75) is 85.6 Å². The van der Waals surface area contributed by atoms with Gasteiger partial charge in [0, 0.05) is 56.4 Å². The second-order valence-corrected chi connectivity index (χ2v) is 13.8. The van der Waals surface area contributed by atoms with Gasteiger partial charge in [0.1, 0.15) is 23.3 Å². The summed E-state index contributed by atoms with van der Waals surface area (Å²) in [5.41, 5.74) is -0.667. The maximum atomic E-state index is 14.0. The summed E-state index contributed by atoms with van der Waals surface area (Å²) in [5.74, 6) is -7.61. The van der Waals surface area contributed by atoms with E-state index in [0.717, 1.165) is 0 Å². The lowest BCUT2D eigenvalue weighted by Crippen LogP contribution is -2.46. The Morgan fingerprint density at radius 2 is 1.63 bits per heavy atom. The van der Waals surface area contributed by atoms with Crippen molar-refractivity contribution in [1.29, 1.82) is 0 Å². The van der Waals surface area contributed by atoms with E-state index in [1.165, 1.54) is 46.4 Å². The Balaban J connectivity index is 1.65. The molecule has 0 spiro atoms. The molecular weight excluding hydrogens is 660 g/mol. The Bertz CT molecular complexity index is 1880. The fourth-order valence-corrected chi connectivity index (χ4v) is 7.05. The number of methoxy groups -OCH3 is 1. The van der Waals surface area contributed by atoms with Crippen LogP contribution in [0, 0.1) is 30.6 Å². The van der Waals surface area contributed by atoms with E-state index in [1.807, 2.05) is 0 Å². The minimum Gasteiger partial charge on any atom is -0.507 e. The number of carbonyl (C=O) groups excluding carboxylic acids is 4. The van der Waals surface area contributed by atoms with Gasteiger partial charge in [0.25, 0.3) is 5.78 Å². The van der Waals surface area contributed by atoms with E-state index in [2.05, 4.69) is 9.97 Å². The van der Waals surface area contributed by atoms with Gasteiger partial charge < -0.3 is 34.3 Å².